The Kier molecular flexibility index (Phi) is 4.67. The van der Waals surface area contributed by atoms with Gasteiger partial charge in [0.25, 0.3) is 0 Å². The fourth-order valence-electron chi connectivity index (χ4n) is 2.18. The van der Waals surface area contributed by atoms with Crippen LogP contribution in [0.1, 0.15) is 12.5 Å². The van der Waals surface area contributed by atoms with Gasteiger partial charge in [0.15, 0.2) is 0 Å². The number of hydrogen-bond acceptors (Lipinski definition) is 3. The first kappa shape index (κ1) is 15.6. The highest BCUT2D eigenvalue weighted by atomic mass is 19.4. The molecule has 0 aliphatic rings. The molecule has 0 radical (unpaired) electrons. The monoisotopic (exact) mass is 297 g/mol. The second-order valence-electron chi connectivity index (χ2n) is 4.91. The number of benzene rings is 1. The van der Waals surface area contributed by atoms with Crippen molar-refractivity contribution in [2.24, 2.45) is 0 Å². The lowest BCUT2D eigenvalue weighted by Crippen LogP contribution is -2.31. The molecule has 0 bridgehead atoms. The highest BCUT2D eigenvalue weighted by molar-refractivity contribution is 5.84. The minimum atomic E-state index is -4.25. The van der Waals surface area contributed by atoms with Crippen molar-refractivity contribution >= 4 is 16.7 Å². The van der Waals surface area contributed by atoms with Gasteiger partial charge in [-0.3, -0.25) is 0 Å². The van der Waals surface area contributed by atoms with E-state index in [1.54, 1.807) is 6.07 Å². The summed E-state index contributed by atoms with van der Waals surface area (Å²) in [7, 11) is 1.40. The Morgan fingerprint density at radius 3 is 2.62 bits per heavy atom. The molecular formula is C15H18F3N3. The van der Waals surface area contributed by atoms with Crippen molar-refractivity contribution in [2.45, 2.75) is 19.6 Å². The lowest BCUT2D eigenvalue weighted by Gasteiger charge is -2.21. The normalized spacial score (nSPS) is 11.9. The molecule has 0 saturated carbocycles. The first-order valence-corrected chi connectivity index (χ1v) is 6.78. The van der Waals surface area contributed by atoms with E-state index >= 15 is 0 Å². The van der Waals surface area contributed by atoms with E-state index in [0.29, 0.717) is 17.9 Å². The van der Waals surface area contributed by atoms with Gasteiger partial charge in [0.2, 0.25) is 0 Å². The summed E-state index contributed by atoms with van der Waals surface area (Å²) in [6.07, 6.45) is -4.25. The van der Waals surface area contributed by atoms with Crippen LogP contribution in [-0.2, 0) is 6.54 Å². The number of rotatable bonds is 5. The fourth-order valence-corrected chi connectivity index (χ4v) is 2.18. The van der Waals surface area contributed by atoms with Gasteiger partial charge in [-0.15, -0.1) is 0 Å². The fraction of sp³-hybridized carbons (Fsp3) is 0.400. The van der Waals surface area contributed by atoms with Crippen LogP contribution in [0.15, 0.2) is 30.3 Å². The Morgan fingerprint density at radius 1 is 1.24 bits per heavy atom. The van der Waals surface area contributed by atoms with Crippen molar-refractivity contribution in [3.8, 4) is 0 Å². The van der Waals surface area contributed by atoms with Crippen LogP contribution in [0.25, 0.3) is 10.9 Å². The molecule has 1 N–H and O–H groups in total. The number of para-hydroxylation sites is 1. The quantitative estimate of drug-likeness (QED) is 0.917. The summed E-state index contributed by atoms with van der Waals surface area (Å²) in [5.41, 5.74) is 1.66. The van der Waals surface area contributed by atoms with Gasteiger partial charge in [-0.25, -0.2) is 4.98 Å². The molecule has 3 nitrogen and oxygen atoms in total. The van der Waals surface area contributed by atoms with E-state index in [2.05, 4.69) is 10.3 Å². The van der Waals surface area contributed by atoms with Gasteiger partial charge in [0, 0.05) is 19.0 Å². The van der Waals surface area contributed by atoms with E-state index in [9.17, 15) is 13.2 Å². The van der Waals surface area contributed by atoms with Crippen LogP contribution in [0, 0.1) is 0 Å². The van der Waals surface area contributed by atoms with Crippen LogP contribution in [-0.4, -0.2) is 31.3 Å². The molecule has 2 rings (SSSR count). The predicted octanol–water partition coefficient (Wildman–Crippen LogP) is 3.34. The van der Waals surface area contributed by atoms with Gasteiger partial charge in [-0.1, -0.05) is 25.1 Å². The first-order chi connectivity index (χ1) is 9.90. The van der Waals surface area contributed by atoms with Crippen molar-refractivity contribution in [3.05, 3.63) is 35.9 Å². The zero-order chi connectivity index (χ0) is 15.5. The summed E-state index contributed by atoms with van der Waals surface area (Å²) in [5, 5.41) is 4.16. The number of pyridine rings is 1. The number of anilines is 1. The van der Waals surface area contributed by atoms with Gasteiger partial charge >= 0.3 is 6.18 Å². The largest absolute Gasteiger partial charge is 0.405 e. The third-order valence-electron chi connectivity index (χ3n) is 3.16. The first-order valence-electron chi connectivity index (χ1n) is 6.78. The maximum Gasteiger partial charge on any atom is 0.405 e. The minimum Gasteiger partial charge on any atom is -0.351 e. The zero-order valence-corrected chi connectivity index (χ0v) is 12.0. The van der Waals surface area contributed by atoms with Crippen molar-refractivity contribution in [1.82, 2.24) is 10.3 Å². The van der Waals surface area contributed by atoms with E-state index < -0.39 is 12.7 Å². The van der Waals surface area contributed by atoms with Crippen LogP contribution in [0.2, 0.25) is 0 Å². The van der Waals surface area contributed by atoms with E-state index in [-0.39, 0.29) is 0 Å². The molecule has 1 aromatic carbocycles. The zero-order valence-electron chi connectivity index (χ0n) is 12.0. The predicted molar refractivity (Wildman–Crippen MR) is 78.4 cm³/mol. The number of nitrogens with zero attached hydrogens (tertiary/aromatic N) is 2. The Labute approximate surface area is 121 Å². The summed E-state index contributed by atoms with van der Waals surface area (Å²) in [5.74, 6) is 0.332. The number of nitrogens with one attached hydrogen (secondary N) is 1. The molecule has 6 heteroatoms. The molecule has 0 saturated heterocycles. The van der Waals surface area contributed by atoms with Gasteiger partial charge in [0.05, 0.1) is 5.52 Å². The molecule has 0 spiro atoms. The molecule has 0 aliphatic carbocycles. The number of hydrogen-bond donors (Lipinski definition) is 1. The third kappa shape index (κ3) is 4.07. The topological polar surface area (TPSA) is 28.2 Å². The molecule has 0 fully saturated rings. The number of fused-ring (bicyclic) bond motifs is 1. The van der Waals surface area contributed by atoms with Crippen molar-refractivity contribution in [3.63, 3.8) is 0 Å². The Hall–Kier alpha value is -1.82. The molecule has 1 heterocycles. The summed E-state index contributed by atoms with van der Waals surface area (Å²) >= 11 is 0. The second kappa shape index (κ2) is 6.30. The van der Waals surface area contributed by atoms with Gasteiger partial charge in [-0.2, -0.15) is 13.2 Å². The summed E-state index contributed by atoms with van der Waals surface area (Å²) in [6.45, 7) is 2.37. The molecule has 114 valence electrons. The average molecular weight is 297 g/mol. The third-order valence-corrected chi connectivity index (χ3v) is 3.16. The SMILES string of the molecule is CCNCc1cc(N(C)CC(F)(F)F)nc2ccccc12. The minimum absolute atomic E-state index is 0.332. The standard InChI is InChI=1S/C15H18F3N3/c1-3-19-9-11-8-14(21(2)10-15(16,17)18)20-13-7-5-4-6-12(11)13/h4-8,19H,3,9-10H2,1-2H3. The molecular weight excluding hydrogens is 279 g/mol. The van der Waals surface area contributed by atoms with Crippen molar-refractivity contribution < 1.29 is 13.2 Å². The molecule has 0 amide bonds. The van der Waals surface area contributed by atoms with Crippen molar-refractivity contribution in [2.75, 3.05) is 25.0 Å². The second-order valence-corrected chi connectivity index (χ2v) is 4.91. The van der Waals surface area contributed by atoms with Crippen LogP contribution in [0.3, 0.4) is 0 Å². The van der Waals surface area contributed by atoms with Crippen LogP contribution >= 0.6 is 0 Å². The molecule has 0 unspecified atom stereocenters. The van der Waals surface area contributed by atoms with Gasteiger partial charge in [0.1, 0.15) is 12.4 Å². The van der Waals surface area contributed by atoms with E-state index in [1.807, 2.05) is 31.2 Å². The van der Waals surface area contributed by atoms with E-state index in [4.69, 9.17) is 0 Å². The number of alkyl halides is 3. The lowest BCUT2D eigenvalue weighted by molar-refractivity contribution is -0.119. The maximum atomic E-state index is 12.5. The highest BCUT2D eigenvalue weighted by Crippen LogP contribution is 2.25. The smallest absolute Gasteiger partial charge is 0.351 e. The molecule has 0 atom stereocenters. The number of halogens is 3. The van der Waals surface area contributed by atoms with Crippen molar-refractivity contribution in [1.29, 1.82) is 0 Å². The maximum absolute atomic E-state index is 12.5. The van der Waals surface area contributed by atoms with Crippen LogP contribution in [0.5, 0.6) is 0 Å². The molecule has 1 aromatic heterocycles. The molecule has 0 aliphatic heterocycles. The molecule has 2 aromatic rings. The lowest BCUT2D eigenvalue weighted by atomic mass is 10.1. The van der Waals surface area contributed by atoms with Gasteiger partial charge in [-0.05, 0) is 24.2 Å². The van der Waals surface area contributed by atoms with E-state index in [0.717, 1.165) is 22.4 Å². The Balaban J connectivity index is 2.40. The van der Waals surface area contributed by atoms with Crippen LogP contribution in [0.4, 0.5) is 19.0 Å². The molecule has 21 heavy (non-hydrogen) atoms. The Morgan fingerprint density at radius 2 is 1.95 bits per heavy atom. The average Bonchev–Trinajstić information content (AvgIpc) is 2.42. The summed E-state index contributed by atoms with van der Waals surface area (Å²) < 4.78 is 37.6. The Bertz CT molecular complexity index is 611. The summed E-state index contributed by atoms with van der Waals surface area (Å²) in [6, 6.07) is 9.20. The van der Waals surface area contributed by atoms with Gasteiger partial charge < -0.3 is 10.2 Å². The van der Waals surface area contributed by atoms with Crippen LogP contribution < -0.4 is 10.2 Å². The summed E-state index contributed by atoms with van der Waals surface area (Å²) in [4.78, 5) is 5.45. The highest BCUT2D eigenvalue weighted by Gasteiger charge is 2.30. The number of aromatic nitrogens is 1. The van der Waals surface area contributed by atoms with E-state index in [1.165, 1.54) is 7.05 Å².